The number of hydrogen-bond acceptors (Lipinski definition) is 0. The van der Waals surface area contributed by atoms with E-state index in [4.69, 9.17) is 0 Å². The lowest BCUT2D eigenvalue weighted by molar-refractivity contribution is -0.138. The molecule has 4 heterocycles. The molecule has 0 fully saturated rings. The zero-order chi connectivity index (χ0) is 48.6. The Morgan fingerprint density at radius 3 is 0.792 bits per heavy atom. The molecule has 14 aromatic rings. The number of para-hydroxylation sites is 6. The average molecular weight is 951 g/mol. The molecule has 0 radical (unpaired) electrons. The van der Waals surface area contributed by atoms with Crippen molar-refractivity contribution in [1.29, 1.82) is 0 Å². The van der Waals surface area contributed by atoms with Crippen LogP contribution < -0.4 is 0 Å². The van der Waals surface area contributed by atoms with Crippen LogP contribution in [0.3, 0.4) is 0 Å². The van der Waals surface area contributed by atoms with Crippen LogP contribution in [0, 0.1) is 0 Å². The summed E-state index contributed by atoms with van der Waals surface area (Å²) in [6.07, 6.45) is -9.59. The first-order valence-electron chi connectivity index (χ1n) is 23.5. The number of hydrogen-bond donors (Lipinski definition) is 0. The zero-order valence-corrected chi connectivity index (χ0v) is 37.8. The van der Waals surface area contributed by atoms with Gasteiger partial charge in [0.15, 0.2) is 0 Å². The van der Waals surface area contributed by atoms with Crippen LogP contribution in [0.5, 0.6) is 0 Å². The molecule has 346 valence electrons. The molecule has 4 aromatic heterocycles. The van der Waals surface area contributed by atoms with Gasteiger partial charge in [-0.1, -0.05) is 133 Å². The predicted octanol–water partition coefficient (Wildman–Crippen LogP) is 17.8. The summed E-state index contributed by atoms with van der Waals surface area (Å²) in [6.45, 7) is 0. The molecule has 0 spiro atoms. The van der Waals surface area contributed by atoms with Gasteiger partial charge in [0.2, 0.25) is 0 Å². The van der Waals surface area contributed by atoms with Crippen molar-refractivity contribution in [3.05, 3.63) is 230 Å². The summed E-state index contributed by atoms with van der Waals surface area (Å²) in [5.41, 5.74) is 6.02. The largest absolute Gasteiger partial charge is 0.418 e. The molecule has 0 saturated heterocycles. The highest BCUT2D eigenvalue weighted by molar-refractivity contribution is 6.14. The Balaban J connectivity index is 1.01. The van der Waals surface area contributed by atoms with Crippen molar-refractivity contribution in [3.63, 3.8) is 0 Å². The molecule has 0 aliphatic carbocycles. The van der Waals surface area contributed by atoms with Crippen LogP contribution in [0.2, 0.25) is 0 Å². The van der Waals surface area contributed by atoms with E-state index in [-0.39, 0.29) is 11.4 Å². The highest BCUT2D eigenvalue weighted by Gasteiger charge is 2.37. The van der Waals surface area contributed by atoms with Crippen molar-refractivity contribution in [1.82, 2.24) is 18.3 Å². The third-order valence-electron chi connectivity index (χ3n) is 14.4. The molecular formula is C62H36F6N4. The van der Waals surface area contributed by atoms with E-state index in [1.165, 1.54) is 24.3 Å². The molecular weight excluding hydrogens is 915 g/mol. The first kappa shape index (κ1) is 41.9. The van der Waals surface area contributed by atoms with Crippen molar-refractivity contribution in [2.75, 3.05) is 0 Å². The maximum atomic E-state index is 15.5. The maximum absolute atomic E-state index is 15.5. The van der Waals surface area contributed by atoms with Gasteiger partial charge in [-0.05, 0) is 96.1 Å². The van der Waals surface area contributed by atoms with Crippen LogP contribution in [0.25, 0.3) is 121 Å². The smallest absolute Gasteiger partial charge is 0.309 e. The number of alkyl halides is 6. The number of benzene rings is 10. The highest BCUT2D eigenvalue weighted by atomic mass is 19.4. The lowest BCUT2D eigenvalue weighted by Gasteiger charge is -2.20. The molecule has 0 amide bonds. The summed E-state index contributed by atoms with van der Waals surface area (Å²) < 4.78 is 101. The van der Waals surface area contributed by atoms with Crippen LogP contribution in [0.4, 0.5) is 26.3 Å². The summed E-state index contributed by atoms with van der Waals surface area (Å²) in [5, 5.41) is 7.17. The lowest BCUT2D eigenvalue weighted by Crippen LogP contribution is -2.12. The van der Waals surface area contributed by atoms with Crippen LogP contribution in [-0.4, -0.2) is 18.3 Å². The number of fused-ring (bicyclic) bond motifs is 12. The van der Waals surface area contributed by atoms with Gasteiger partial charge in [-0.25, -0.2) is 0 Å². The molecule has 4 nitrogen and oxygen atoms in total. The fourth-order valence-corrected chi connectivity index (χ4v) is 11.4. The van der Waals surface area contributed by atoms with E-state index < -0.39 is 23.5 Å². The van der Waals surface area contributed by atoms with Gasteiger partial charge in [0, 0.05) is 54.5 Å². The Kier molecular flexibility index (Phi) is 8.87. The van der Waals surface area contributed by atoms with E-state index in [1.807, 2.05) is 133 Å². The van der Waals surface area contributed by atoms with E-state index in [2.05, 4.69) is 33.4 Å². The zero-order valence-electron chi connectivity index (χ0n) is 37.8. The van der Waals surface area contributed by atoms with Crippen LogP contribution in [-0.2, 0) is 12.4 Å². The molecule has 0 atom stereocenters. The summed E-state index contributed by atoms with van der Waals surface area (Å²) in [4.78, 5) is 0. The monoisotopic (exact) mass is 950 g/mol. The first-order valence-corrected chi connectivity index (χ1v) is 23.5. The minimum Gasteiger partial charge on any atom is -0.309 e. The second-order valence-electron chi connectivity index (χ2n) is 18.3. The topological polar surface area (TPSA) is 19.7 Å². The summed E-state index contributed by atoms with van der Waals surface area (Å²) in [5.74, 6) is 0. The van der Waals surface area contributed by atoms with E-state index >= 15 is 26.3 Å². The number of rotatable bonds is 5. The molecule has 0 bridgehead atoms. The minimum absolute atomic E-state index is 0.153. The SMILES string of the molecule is FC(F)(F)c1ccc(-c2ccc(C(F)(F)F)c(-n3c4ccccc4c4ccc(-n5c6ccccc6c6ccccc65)cc43)c2)cc1-n1c2ccccc2c2ccc(-n3c4ccccc4c4ccccc43)cc21. The number of nitrogens with zero attached hydrogens (tertiary/aromatic N) is 4. The van der Waals surface area contributed by atoms with Gasteiger partial charge >= 0.3 is 12.4 Å². The van der Waals surface area contributed by atoms with E-state index in [0.717, 1.165) is 88.7 Å². The molecule has 0 saturated carbocycles. The van der Waals surface area contributed by atoms with Gasteiger partial charge in [-0.3, -0.25) is 0 Å². The molecule has 0 N–H and O–H groups in total. The van der Waals surface area contributed by atoms with Crippen molar-refractivity contribution in [2.45, 2.75) is 12.4 Å². The highest BCUT2D eigenvalue weighted by Crippen LogP contribution is 2.45. The lowest BCUT2D eigenvalue weighted by atomic mass is 9.99. The van der Waals surface area contributed by atoms with Gasteiger partial charge in [0.05, 0.1) is 66.6 Å². The quantitative estimate of drug-likeness (QED) is 0.153. The Morgan fingerprint density at radius 2 is 0.500 bits per heavy atom. The van der Waals surface area contributed by atoms with Crippen molar-refractivity contribution in [2.24, 2.45) is 0 Å². The third-order valence-corrected chi connectivity index (χ3v) is 14.4. The molecule has 10 heteroatoms. The van der Waals surface area contributed by atoms with Crippen molar-refractivity contribution >= 4 is 87.2 Å². The molecule has 10 aromatic carbocycles. The first-order chi connectivity index (χ1) is 35.0. The maximum Gasteiger partial charge on any atom is 0.418 e. The van der Waals surface area contributed by atoms with Crippen molar-refractivity contribution < 1.29 is 26.3 Å². The Hall–Kier alpha value is -9.02. The number of aromatic nitrogens is 4. The standard InChI is InChI=1S/C62H36F6N4/c63-61(64,65)49-31-25-37(33-59(49)71-55-23-11-5-17-45(55)47-29-27-39(35-57(47)71)69-51-19-7-1-13-41(51)42-14-2-8-20-52(42)69)38-26-32-50(62(66,67)68)60(34-38)72-56-24-12-6-18-46(56)48-30-28-40(36-58(48)72)70-53-21-9-3-15-43(53)44-16-4-10-22-54(44)70/h1-36H. The van der Waals surface area contributed by atoms with Crippen molar-refractivity contribution in [3.8, 4) is 33.9 Å². The molecule has 0 aliphatic heterocycles. The van der Waals surface area contributed by atoms with Gasteiger partial charge in [-0.2, -0.15) is 26.3 Å². The van der Waals surface area contributed by atoms with Crippen LogP contribution >= 0.6 is 0 Å². The normalized spacial score (nSPS) is 12.6. The summed E-state index contributed by atoms with van der Waals surface area (Å²) in [7, 11) is 0. The van der Waals surface area contributed by atoms with Gasteiger partial charge in [0.25, 0.3) is 0 Å². The fourth-order valence-electron chi connectivity index (χ4n) is 11.4. The van der Waals surface area contributed by atoms with Crippen LogP contribution in [0.1, 0.15) is 11.1 Å². The summed E-state index contributed by atoms with van der Waals surface area (Å²) >= 11 is 0. The third kappa shape index (κ3) is 6.14. The van der Waals surface area contributed by atoms with Gasteiger partial charge in [0.1, 0.15) is 0 Å². The predicted molar refractivity (Wildman–Crippen MR) is 279 cm³/mol. The van der Waals surface area contributed by atoms with E-state index in [1.54, 1.807) is 33.4 Å². The molecule has 0 unspecified atom stereocenters. The fraction of sp³-hybridized carbons (Fsp3) is 0.0323. The van der Waals surface area contributed by atoms with Gasteiger partial charge in [-0.15, -0.1) is 0 Å². The Morgan fingerprint density at radius 1 is 0.236 bits per heavy atom. The Labute approximate surface area is 406 Å². The second-order valence-corrected chi connectivity index (χ2v) is 18.3. The summed E-state index contributed by atoms with van der Waals surface area (Å²) in [6, 6.07) is 66.3. The van der Waals surface area contributed by atoms with E-state index in [9.17, 15) is 0 Å². The molecule has 14 rings (SSSR count). The van der Waals surface area contributed by atoms with Gasteiger partial charge < -0.3 is 18.3 Å². The van der Waals surface area contributed by atoms with E-state index in [0.29, 0.717) is 33.2 Å². The number of halogens is 6. The molecule has 0 aliphatic rings. The molecule has 72 heavy (non-hydrogen) atoms. The average Bonchev–Trinajstić information content (AvgIpc) is 4.12. The second kappa shape index (κ2) is 15.2. The minimum atomic E-state index is -4.79. The Bertz CT molecular complexity index is 4160. The van der Waals surface area contributed by atoms with Crippen LogP contribution in [0.15, 0.2) is 218 Å².